The van der Waals surface area contributed by atoms with E-state index in [0.717, 1.165) is 5.69 Å². The van der Waals surface area contributed by atoms with Crippen molar-refractivity contribution >= 4 is 11.9 Å². The highest BCUT2D eigenvalue weighted by Gasteiger charge is 2.08. The highest BCUT2D eigenvalue weighted by Crippen LogP contribution is 2.05. The highest BCUT2D eigenvalue weighted by atomic mass is 16.1. The van der Waals surface area contributed by atoms with E-state index >= 15 is 0 Å². The number of ketones is 1. The zero-order valence-corrected chi connectivity index (χ0v) is 11.0. The van der Waals surface area contributed by atoms with Gasteiger partial charge in [-0.15, -0.1) is 0 Å². The first-order chi connectivity index (χ1) is 10.3. The van der Waals surface area contributed by atoms with E-state index in [-0.39, 0.29) is 5.78 Å². The molecule has 0 aliphatic rings. The van der Waals surface area contributed by atoms with Gasteiger partial charge in [0.25, 0.3) is 0 Å². The van der Waals surface area contributed by atoms with E-state index in [9.17, 15) is 4.79 Å². The molecule has 0 unspecified atom stereocenters. The topological polar surface area (TPSA) is 73.6 Å². The normalized spacial score (nSPS) is 10.9. The predicted octanol–water partition coefficient (Wildman–Crippen LogP) is 1.95. The predicted molar refractivity (Wildman–Crippen MR) is 76.8 cm³/mol. The first-order valence-electron chi connectivity index (χ1n) is 6.28. The van der Waals surface area contributed by atoms with Gasteiger partial charge >= 0.3 is 0 Å². The molecule has 0 bridgehead atoms. The summed E-state index contributed by atoms with van der Waals surface area (Å²) >= 11 is 0. The fourth-order valence-electron chi connectivity index (χ4n) is 1.70. The van der Waals surface area contributed by atoms with Gasteiger partial charge < -0.3 is 0 Å². The SMILES string of the molecule is O=C(/C=C/c1ccccn1)c1cn(-c2ncccn2)cn1. The van der Waals surface area contributed by atoms with E-state index in [2.05, 4.69) is 19.9 Å². The Balaban J connectivity index is 1.77. The van der Waals surface area contributed by atoms with Gasteiger partial charge in [-0.3, -0.25) is 14.3 Å². The van der Waals surface area contributed by atoms with Gasteiger partial charge in [0, 0.05) is 24.8 Å². The Morgan fingerprint density at radius 1 is 1.00 bits per heavy atom. The maximum absolute atomic E-state index is 12.0. The molecule has 0 atom stereocenters. The van der Waals surface area contributed by atoms with Crippen molar-refractivity contribution in [2.75, 3.05) is 0 Å². The minimum atomic E-state index is -0.199. The maximum atomic E-state index is 12.0. The smallest absolute Gasteiger partial charge is 0.234 e. The number of carbonyl (C=O) groups excluding carboxylic acids is 1. The van der Waals surface area contributed by atoms with E-state index in [1.807, 2.05) is 18.2 Å². The number of pyridine rings is 1. The van der Waals surface area contributed by atoms with Gasteiger partial charge in [-0.05, 0) is 30.4 Å². The molecule has 0 aliphatic carbocycles. The number of imidazole rings is 1. The lowest BCUT2D eigenvalue weighted by Gasteiger charge is -1.96. The van der Waals surface area contributed by atoms with Crippen LogP contribution in [0.5, 0.6) is 0 Å². The lowest BCUT2D eigenvalue weighted by Crippen LogP contribution is -1.97. The summed E-state index contributed by atoms with van der Waals surface area (Å²) in [6, 6.07) is 7.22. The van der Waals surface area contributed by atoms with Gasteiger partial charge in [-0.25, -0.2) is 15.0 Å². The number of hydrogen-bond acceptors (Lipinski definition) is 5. The maximum Gasteiger partial charge on any atom is 0.234 e. The Morgan fingerprint density at radius 2 is 1.81 bits per heavy atom. The molecule has 3 rings (SSSR count). The number of aromatic nitrogens is 5. The van der Waals surface area contributed by atoms with E-state index in [4.69, 9.17) is 0 Å². The van der Waals surface area contributed by atoms with Gasteiger partial charge in [0.15, 0.2) is 0 Å². The Hall–Kier alpha value is -3.15. The average Bonchev–Trinajstić information content (AvgIpc) is 3.04. The van der Waals surface area contributed by atoms with Crippen LogP contribution in [0.15, 0.2) is 61.5 Å². The van der Waals surface area contributed by atoms with Crippen molar-refractivity contribution in [3.05, 3.63) is 72.8 Å². The van der Waals surface area contributed by atoms with Crippen LogP contribution in [0.25, 0.3) is 12.0 Å². The van der Waals surface area contributed by atoms with Crippen LogP contribution >= 0.6 is 0 Å². The second-order valence-corrected chi connectivity index (χ2v) is 4.17. The quantitative estimate of drug-likeness (QED) is 0.538. The van der Waals surface area contributed by atoms with Crippen molar-refractivity contribution in [1.82, 2.24) is 24.5 Å². The molecule has 3 aromatic rings. The van der Waals surface area contributed by atoms with Crippen LogP contribution in [0.1, 0.15) is 16.2 Å². The van der Waals surface area contributed by atoms with Crippen molar-refractivity contribution < 1.29 is 4.79 Å². The standard InChI is InChI=1S/C15H11N5O/c21-14(6-5-12-4-1-2-7-16-12)13-10-20(11-19-13)15-17-8-3-9-18-15/h1-11H/b6-5+. The fraction of sp³-hybridized carbons (Fsp3) is 0. The minimum absolute atomic E-state index is 0.199. The van der Waals surface area contributed by atoms with Crippen molar-refractivity contribution in [2.24, 2.45) is 0 Å². The molecule has 0 amide bonds. The fourth-order valence-corrected chi connectivity index (χ4v) is 1.70. The third kappa shape index (κ3) is 3.06. The molecule has 0 aromatic carbocycles. The zero-order chi connectivity index (χ0) is 14.5. The number of allylic oxidation sites excluding steroid dienone is 1. The van der Waals surface area contributed by atoms with Crippen LogP contribution in [-0.2, 0) is 0 Å². The molecule has 3 heterocycles. The molecule has 6 heteroatoms. The molecule has 0 saturated carbocycles. The van der Waals surface area contributed by atoms with Crippen LogP contribution < -0.4 is 0 Å². The molecule has 6 nitrogen and oxygen atoms in total. The van der Waals surface area contributed by atoms with Gasteiger partial charge in [0.2, 0.25) is 11.7 Å². The molecule has 21 heavy (non-hydrogen) atoms. The molecule has 0 radical (unpaired) electrons. The number of carbonyl (C=O) groups is 1. The molecule has 0 spiro atoms. The first kappa shape index (κ1) is 12.9. The van der Waals surface area contributed by atoms with Crippen LogP contribution in [0.4, 0.5) is 0 Å². The Morgan fingerprint density at radius 3 is 2.57 bits per heavy atom. The van der Waals surface area contributed by atoms with E-state index in [0.29, 0.717) is 11.6 Å². The molecule has 102 valence electrons. The number of hydrogen-bond donors (Lipinski definition) is 0. The molecule has 0 aliphatic heterocycles. The monoisotopic (exact) mass is 277 g/mol. The molecule has 0 fully saturated rings. The first-order valence-corrected chi connectivity index (χ1v) is 6.28. The van der Waals surface area contributed by atoms with Gasteiger partial charge in [-0.2, -0.15) is 0 Å². The summed E-state index contributed by atoms with van der Waals surface area (Å²) in [5.74, 6) is 0.271. The number of rotatable bonds is 4. The van der Waals surface area contributed by atoms with Crippen molar-refractivity contribution in [1.29, 1.82) is 0 Å². The van der Waals surface area contributed by atoms with E-state index < -0.39 is 0 Å². The Bertz CT molecular complexity index is 765. The summed E-state index contributed by atoms with van der Waals surface area (Å²) in [5.41, 5.74) is 1.05. The largest absolute Gasteiger partial charge is 0.287 e. The average molecular weight is 277 g/mol. The summed E-state index contributed by atoms with van der Waals surface area (Å²) in [6.45, 7) is 0. The lowest BCUT2D eigenvalue weighted by molar-refractivity contribution is 0.104. The molecule has 3 aromatic heterocycles. The Labute approximate surface area is 120 Å². The highest BCUT2D eigenvalue weighted by molar-refractivity contribution is 6.05. The molecular weight excluding hydrogens is 266 g/mol. The van der Waals surface area contributed by atoms with Crippen LogP contribution in [0.2, 0.25) is 0 Å². The van der Waals surface area contributed by atoms with Gasteiger partial charge in [0.1, 0.15) is 12.0 Å². The molecular formula is C15H11N5O. The second-order valence-electron chi connectivity index (χ2n) is 4.17. The summed E-state index contributed by atoms with van der Waals surface area (Å²) in [6.07, 6.45) is 11.1. The Kier molecular flexibility index (Phi) is 3.60. The van der Waals surface area contributed by atoms with Gasteiger partial charge in [-0.1, -0.05) is 6.07 Å². The third-order valence-corrected chi connectivity index (χ3v) is 2.71. The van der Waals surface area contributed by atoms with E-state index in [1.54, 1.807) is 41.5 Å². The number of nitrogens with zero attached hydrogens (tertiary/aromatic N) is 5. The van der Waals surface area contributed by atoms with Crippen molar-refractivity contribution in [3.8, 4) is 5.95 Å². The van der Waals surface area contributed by atoms with Gasteiger partial charge in [0.05, 0.1) is 5.69 Å². The van der Waals surface area contributed by atoms with Crippen molar-refractivity contribution in [3.63, 3.8) is 0 Å². The van der Waals surface area contributed by atoms with Crippen LogP contribution in [0, 0.1) is 0 Å². The van der Waals surface area contributed by atoms with E-state index in [1.165, 1.54) is 12.4 Å². The minimum Gasteiger partial charge on any atom is -0.287 e. The van der Waals surface area contributed by atoms with Crippen LogP contribution in [-0.4, -0.2) is 30.3 Å². The summed E-state index contributed by atoms with van der Waals surface area (Å²) in [4.78, 5) is 28.4. The summed E-state index contributed by atoms with van der Waals surface area (Å²) in [5, 5.41) is 0. The lowest BCUT2D eigenvalue weighted by atomic mass is 10.2. The van der Waals surface area contributed by atoms with Crippen molar-refractivity contribution in [2.45, 2.75) is 0 Å². The van der Waals surface area contributed by atoms with Crippen LogP contribution in [0.3, 0.4) is 0 Å². The second kappa shape index (κ2) is 5.87. The zero-order valence-electron chi connectivity index (χ0n) is 11.0. The molecule has 0 N–H and O–H groups in total. The summed E-state index contributed by atoms with van der Waals surface area (Å²) < 4.78 is 1.60. The molecule has 0 saturated heterocycles. The third-order valence-electron chi connectivity index (χ3n) is 2.71. The summed E-state index contributed by atoms with van der Waals surface area (Å²) in [7, 11) is 0.